The van der Waals surface area contributed by atoms with Crippen LogP contribution in [0.5, 0.6) is 5.75 Å². The highest BCUT2D eigenvalue weighted by Crippen LogP contribution is 2.39. The van der Waals surface area contributed by atoms with Crippen LogP contribution < -0.4 is 19.9 Å². The Morgan fingerprint density at radius 1 is 1.09 bits per heavy atom. The summed E-state index contributed by atoms with van der Waals surface area (Å²) in [6.07, 6.45) is 0.756. The first-order valence-electron chi connectivity index (χ1n) is 12.5. The van der Waals surface area contributed by atoms with Crippen molar-refractivity contribution in [3.63, 3.8) is 0 Å². The third-order valence-corrected chi connectivity index (χ3v) is 7.49. The maximum absolute atomic E-state index is 13.5. The monoisotopic (exact) mass is 464 g/mol. The van der Waals surface area contributed by atoms with Gasteiger partial charge in [0.05, 0.1) is 32.3 Å². The Hall–Kier alpha value is -2.77. The van der Waals surface area contributed by atoms with Crippen molar-refractivity contribution in [1.82, 2.24) is 10.2 Å². The van der Waals surface area contributed by atoms with Crippen LogP contribution in [0.1, 0.15) is 11.1 Å². The predicted octanol–water partition coefficient (Wildman–Crippen LogP) is 2.32. The molecule has 2 atom stereocenters. The molecule has 7 heteroatoms. The summed E-state index contributed by atoms with van der Waals surface area (Å²) in [4.78, 5) is 20.7. The van der Waals surface area contributed by atoms with E-state index in [1.165, 1.54) is 22.5 Å². The first-order chi connectivity index (χ1) is 16.6. The molecule has 2 aromatic carbocycles. The van der Waals surface area contributed by atoms with Gasteiger partial charge in [-0.05, 0) is 37.1 Å². The van der Waals surface area contributed by atoms with E-state index in [1.807, 2.05) is 6.07 Å². The van der Waals surface area contributed by atoms with Crippen LogP contribution in [-0.4, -0.2) is 83.0 Å². The lowest BCUT2D eigenvalue weighted by Crippen LogP contribution is -2.61. The first-order valence-corrected chi connectivity index (χ1v) is 12.5. The van der Waals surface area contributed by atoms with E-state index in [9.17, 15) is 4.79 Å². The summed E-state index contributed by atoms with van der Waals surface area (Å²) in [5, 5.41) is 3.26. The molecule has 0 spiro atoms. The predicted molar refractivity (Wildman–Crippen MR) is 135 cm³/mol. The quantitative estimate of drug-likeness (QED) is 0.708. The van der Waals surface area contributed by atoms with E-state index in [1.54, 1.807) is 7.11 Å². The van der Waals surface area contributed by atoms with Crippen molar-refractivity contribution in [2.45, 2.75) is 19.4 Å². The lowest BCUT2D eigenvalue weighted by molar-refractivity contribution is -0.125. The number of piperazine rings is 1. The Kier molecular flexibility index (Phi) is 6.92. The minimum atomic E-state index is -0.0844. The molecule has 0 aromatic heterocycles. The SMILES string of the molecule is COc1ccc2c(c1)N1CCN(c3ccc(C)cc3)C[C@@H]1[C@@H](C(=O)NCCN1CCOCC1)C2. The van der Waals surface area contributed by atoms with Crippen molar-refractivity contribution in [1.29, 1.82) is 0 Å². The van der Waals surface area contributed by atoms with E-state index < -0.39 is 0 Å². The maximum atomic E-state index is 13.5. The van der Waals surface area contributed by atoms with Gasteiger partial charge in [-0.15, -0.1) is 0 Å². The minimum absolute atomic E-state index is 0.0844. The molecule has 0 radical (unpaired) electrons. The van der Waals surface area contributed by atoms with E-state index in [4.69, 9.17) is 9.47 Å². The van der Waals surface area contributed by atoms with Crippen LogP contribution in [-0.2, 0) is 16.0 Å². The van der Waals surface area contributed by atoms with Gasteiger partial charge in [0.2, 0.25) is 5.91 Å². The van der Waals surface area contributed by atoms with Crippen molar-refractivity contribution in [3.8, 4) is 5.75 Å². The molecule has 0 aliphatic carbocycles. The molecule has 1 N–H and O–H groups in total. The van der Waals surface area contributed by atoms with Crippen LogP contribution in [0, 0.1) is 12.8 Å². The largest absolute Gasteiger partial charge is 0.497 e. The molecule has 2 fully saturated rings. The van der Waals surface area contributed by atoms with Crippen molar-refractivity contribution >= 4 is 17.3 Å². The average Bonchev–Trinajstić information content (AvgIpc) is 2.88. The van der Waals surface area contributed by atoms with Crippen LogP contribution in [0.3, 0.4) is 0 Å². The summed E-state index contributed by atoms with van der Waals surface area (Å²) < 4.78 is 11.0. The number of nitrogens with zero attached hydrogens (tertiary/aromatic N) is 3. The second-order valence-electron chi connectivity index (χ2n) is 9.59. The summed E-state index contributed by atoms with van der Waals surface area (Å²) in [7, 11) is 1.71. The Morgan fingerprint density at radius 2 is 1.88 bits per heavy atom. The number of hydrogen-bond acceptors (Lipinski definition) is 6. The van der Waals surface area contributed by atoms with Crippen LogP contribution in [0.2, 0.25) is 0 Å². The summed E-state index contributed by atoms with van der Waals surface area (Å²) in [6.45, 7) is 9.76. The molecule has 0 unspecified atom stereocenters. The number of fused-ring (bicyclic) bond motifs is 3. The number of benzene rings is 2. The number of carbonyl (C=O) groups is 1. The number of ether oxygens (including phenoxy) is 2. The van der Waals surface area contributed by atoms with E-state index in [2.05, 4.69) is 63.3 Å². The summed E-state index contributed by atoms with van der Waals surface area (Å²) in [5.41, 5.74) is 4.94. The minimum Gasteiger partial charge on any atom is -0.497 e. The number of carbonyl (C=O) groups excluding carboxylic acids is 1. The van der Waals surface area contributed by atoms with E-state index in [0.29, 0.717) is 6.54 Å². The number of amides is 1. The van der Waals surface area contributed by atoms with Gasteiger partial charge in [0.15, 0.2) is 0 Å². The van der Waals surface area contributed by atoms with Gasteiger partial charge in [0.25, 0.3) is 0 Å². The van der Waals surface area contributed by atoms with E-state index >= 15 is 0 Å². The van der Waals surface area contributed by atoms with Gasteiger partial charge in [0.1, 0.15) is 5.75 Å². The summed E-state index contributed by atoms with van der Waals surface area (Å²) in [6, 6.07) is 15.1. The molecule has 2 aromatic rings. The van der Waals surface area contributed by atoms with Crippen LogP contribution in [0.25, 0.3) is 0 Å². The van der Waals surface area contributed by atoms with Crippen LogP contribution >= 0.6 is 0 Å². The molecule has 0 saturated carbocycles. The molecule has 3 aliphatic rings. The highest BCUT2D eigenvalue weighted by atomic mass is 16.5. The molecular formula is C27H36N4O3. The molecule has 3 aliphatic heterocycles. The van der Waals surface area contributed by atoms with E-state index in [0.717, 1.165) is 64.7 Å². The molecule has 182 valence electrons. The van der Waals surface area contributed by atoms with Gasteiger partial charge < -0.3 is 24.6 Å². The van der Waals surface area contributed by atoms with Gasteiger partial charge in [-0.3, -0.25) is 9.69 Å². The van der Waals surface area contributed by atoms with Crippen molar-refractivity contribution in [3.05, 3.63) is 53.6 Å². The van der Waals surface area contributed by atoms with Gasteiger partial charge >= 0.3 is 0 Å². The normalized spacial score (nSPS) is 22.6. The standard InChI is InChI=1S/C27H36N4O3/c1-20-3-6-22(7-4-20)30-11-12-31-25-18-23(33-2)8-5-21(25)17-24(26(31)19-30)27(32)28-9-10-29-13-15-34-16-14-29/h3-8,18,24,26H,9-17,19H2,1-2H3,(H,28,32)/t24-,26+/m0/s1. The second-order valence-corrected chi connectivity index (χ2v) is 9.59. The zero-order valence-electron chi connectivity index (χ0n) is 20.3. The number of aryl methyl sites for hydroxylation is 1. The molecule has 34 heavy (non-hydrogen) atoms. The third kappa shape index (κ3) is 4.86. The number of rotatable bonds is 6. The lowest BCUT2D eigenvalue weighted by atomic mass is 9.83. The van der Waals surface area contributed by atoms with Crippen molar-refractivity contribution < 1.29 is 14.3 Å². The van der Waals surface area contributed by atoms with Crippen LogP contribution in [0.4, 0.5) is 11.4 Å². The molecular weight excluding hydrogens is 428 g/mol. The lowest BCUT2D eigenvalue weighted by Gasteiger charge is -2.49. The Morgan fingerprint density at radius 3 is 2.65 bits per heavy atom. The van der Waals surface area contributed by atoms with Gasteiger partial charge in [-0.25, -0.2) is 0 Å². The zero-order valence-corrected chi connectivity index (χ0v) is 20.3. The summed E-state index contributed by atoms with van der Waals surface area (Å²) in [5.74, 6) is 0.946. The number of hydrogen-bond donors (Lipinski definition) is 1. The molecule has 7 nitrogen and oxygen atoms in total. The van der Waals surface area contributed by atoms with Crippen molar-refractivity contribution in [2.24, 2.45) is 5.92 Å². The van der Waals surface area contributed by atoms with E-state index in [-0.39, 0.29) is 17.9 Å². The first kappa shape index (κ1) is 23.0. The fraction of sp³-hybridized carbons (Fsp3) is 0.519. The number of nitrogens with one attached hydrogen (secondary N) is 1. The van der Waals surface area contributed by atoms with Crippen molar-refractivity contribution in [2.75, 3.05) is 75.9 Å². The van der Waals surface area contributed by atoms with Gasteiger partial charge in [0, 0.05) is 63.3 Å². The topological polar surface area (TPSA) is 57.3 Å². The molecule has 5 rings (SSSR count). The number of anilines is 2. The smallest absolute Gasteiger partial charge is 0.225 e. The maximum Gasteiger partial charge on any atom is 0.225 e. The highest BCUT2D eigenvalue weighted by molar-refractivity contribution is 5.82. The molecule has 0 bridgehead atoms. The average molecular weight is 465 g/mol. The molecule has 1 amide bonds. The fourth-order valence-electron chi connectivity index (χ4n) is 5.49. The second kappa shape index (κ2) is 10.2. The Balaban J connectivity index is 1.34. The van der Waals surface area contributed by atoms with Gasteiger partial charge in [-0.1, -0.05) is 23.8 Å². The Labute approximate surface area is 202 Å². The third-order valence-electron chi connectivity index (χ3n) is 7.49. The van der Waals surface area contributed by atoms with Crippen LogP contribution in [0.15, 0.2) is 42.5 Å². The number of methoxy groups -OCH3 is 1. The highest BCUT2D eigenvalue weighted by Gasteiger charge is 2.41. The zero-order chi connectivity index (χ0) is 23.5. The number of morpholine rings is 1. The molecule has 3 heterocycles. The fourth-order valence-corrected chi connectivity index (χ4v) is 5.49. The summed E-state index contributed by atoms with van der Waals surface area (Å²) >= 11 is 0. The van der Waals surface area contributed by atoms with Gasteiger partial charge in [-0.2, -0.15) is 0 Å². The molecule has 2 saturated heterocycles. The Bertz CT molecular complexity index is 990.